The first-order valence-electron chi connectivity index (χ1n) is 7.52. The minimum atomic E-state index is -4.78. The van der Waals surface area contributed by atoms with Gasteiger partial charge in [-0.15, -0.1) is 13.2 Å². The maximum Gasteiger partial charge on any atom is 0.573 e. The highest BCUT2D eigenvalue weighted by atomic mass is 19.4. The summed E-state index contributed by atoms with van der Waals surface area (Å²) in [5.74, 6) is -0.929. The Morgan fingerprint density at radius 2 is 1.50 bits per heavy atom. The van der Waals surface area contributed by atoms with Gasteiger partial charge in [-0.05, 0) is 43.3 Å². The summed E-state index contributed by atoms with van der Waals surface area (Å²) in [6.45, 7) is 1.47. The van der Waals surface area contributed by atoms with Crippen molar-refractivity contribution in [3.63, 3.8) is 0 Å². The fourth-order valence-electron chi connectivity index (χ4n) is 1.94. The van der Waals surface area contributed by atoms with E-state index in [-0.39, 0.29) is 5.69 Å². The van der Waals surface area contributed by atoms with Crippen molar-refractivity contribution in [2.24, 2.45) is 0 Å². The van der Waals surface area contributed by atoms with Gasteiger partial charge in [0.25, 0.3) is 0 Å². The smallest absolute Gasteiger partial charge is 0.406 e. The fraction of sp³-hybridized carbons (Fsp3) is 0.176. The predicted octanol–water partition coefficient (Wildman–Crippen LogP) is 3.73. The van der Waals surface area contributed by atoms with E-state index in [1.807, 2.05) is 0 Å². The normalized spacial score (nSPS) is 12.0. The Morgan fingerprint density at radius 3 is 2.08 bits per heavy atom. The zero-order valence-corrected chi connectivity index (χ0v) is 13.6. The lowest BCUT2D eigenvalue weighted by atomic mass is 10.2. The Morgan fingerprint density at radius 1 is 0.923 bits per heavy atom. The molecule has 2 aromatic carbocycles. The lowest BCUT2D eigenvalue weighted by Crippen LogP contribution is -2.43. The van der Waals surface area contributed by atoms with Gasteiger partial charge in [0.05, 0.1) is 0 Å². The topological polar surface area (TPSA) is 79.5 Å². The maximum absolute atomic E-state index is 12.1. The van der Waals surface area contributed by atoms with Gasteiger partial charge in [-0.1, -0.05) is 18.2 Å². The van der Waals surface area contributed by atoms with Gasteiger partial charge in [-0.25, -0.2) is 4.79 Å². The van der Waals surface area contributed by atoms with Crippen LogP contribution >= 0.6 is 0 Å². The zero-order chi connectivity index (χ0) is 19.2. The zero-order valence-electron chi connectivity index (χ0n) is 13.6. The molecule has 0 saturated carbocycles. The van der Waals surface area contributed by atoms with Gasteiger partial charge in [0.15, 0.2) is 0 Å². The average Bonchev–Trinajstić information content (AvgIpc) is 2.56. The molecule has 2 rings (SSSR count). The summed E-state index contributed by atoms with van der Waals surface area (Å²) in [6, 6.07) is 11.9. The molecule has 0 aliphatic heterocycles. The average molecular weight is 367 g/mol. The summed E-state index contributed by atoms with van der Waals surface area (Å²) in [4.78, 5) is 23.9. The third-order valence-corrected chi connectivity index (χ3v) is 3.13. The molecule has 9 heteroatoms. The second-order valence-electron chi connectivity index (χ2n) is 5.25. The highest BCUT2D eigenvalue weighted by Gasteiger charge is 2.31. The molecule has 1 unspecified atom stereocenters. The quantitative estimate of drug-likeness (QED) is 0.753. The molecule has 0 aliphatic carbocycles. The highest BCUT2D eigenvalue weighted by Crippen LogP contribution is 2.23. The maximum atomic E-state index is 12.1. The second kappa shape index (κ2) is 8.24. The monoisotopic (exact) mass is 367 g/mol. The lowest BCUT2D eigenvalue weighted by molar-refractivity contribution is -0.274. The van der Waals surface area contributed by atoms with Crippen molar-refractivity contribution < 1.29 is 27.5 Å². The number of carbonyl (C=O) groups excluding carboxylic acids is 2. The molecule has 0 radical (unpaired) electrons. The first-order valence-corrected chi connectivity index (χ1v) is 7.52. The summed E-state index contributed by atoms with van der Waals surface area (Å²) in [6.07, 6.45) is -4.78. The summed E-state index contributed by atoms with van der Waals surface area (Å²) < 4.78 is 40.0. The van der Waals surface area contributed by atoms with Crippen LogP contribution in [0.5, 0.6) is 5.75 Å². The van der Waals surface area contributed by atoms with E-state index >= 15 is 0 Å². The number of carbonyl (C=O) groups is 2. The standard InChI is InChI=1S/C17H16F3N3O3/c1-11(21-16(25)23-12-5-3-2-4-6-12)15(24)22-13-7-9-14(10-8-13)26-17(18,19)20/h2-11H,1H3,(H,22,24)(H2,21,23,25). The third kappa shape index (κ3) is 6.34. The molecule has 0 spiro atoms. The minimum Gasteiger partial charge on any atom is -0.406 e. The van der Waals surface area contributed by atoms with Crippen molar-refractivity contribution >= 4 is 23.3 Å². The van der Waals surface area contributed by atoms with E-state index < -0.39 is 30.1 Å². The molecule has 2 aromatic rings. The number of urea groups is 1. The van der Waals surface area contributed by atoms with E-state index in [1.54, 1.807) is 30.3 Å². The molecule has 0 aromatic heterocycles. The molecular weight excluding hydrogens is 351 g/mol. The van der Waals surface area contributed by atoms with Crippen LogP contribution < -0.4 is 20.7 Å². The van der Waals surface area contributed by atoms with Gasteiger partial charge in [-0.2, -0.15) is 0 Å². The molecule has 3 amide bonds. The summed E-state index contributed by atoms with van der Waals surface area (Å²) in [7, 11) is 0. The van der Waals surface area contributed by atoms with Crippen molar-refractivity contribution in [3.05, 3.63) is 54.6 Å². The van der Waals surface area contributed by atoms with Crippen LogP contribution in [0, 0.1) is 0 Å². The molecule has 1 atom stereocenters. The first-order chi connectivity index (χ1) is 12.2. The number of halogens is 3. The van der Waals surface area contributed by atoms with Crippen LogP contribution in [0.25, 0.3) is 0 Å². The largest absolute Gasteiger partial charge is 0.573 e. The molecule has 26 heavy (non-hydrogen) atoms. The molecule has 3 N–H and O–H groups in total. The number of hydrogen-bond acceptors (Lipinski definition) is 3. The van der Waals surface area contributed by atoms with Crippen LogP contribution in [0.2, 0.25) is 0 Å². The van der Waals surface area contributed by atoms with Crippen molar-refractivity contribution in [1.29, 1.82) is 0 Å². The fourth-order valence-corrected chi connectivity index (χ4v) is 1.94. The number of hydrogen-bond donors (Lipinski definition) is 3. The van der Waals surface area contributed by atoms with Gasteiger partial charge >= 0.3 is 12.4 Å². The number of anilines is 2. The van der Waals surface area contributed by atoms with Crippen molar-refractivity contribution in [2.45, 2.75) is 19.3 Å². The van der Waals surface area contributed by atoms with Crippen LogP contribution in [0.3, 0.4) is 0 Å². The molecule has 0 fully saturated rings. The minimum absolute atomic E-state index is 0.265. The lowest BCUT2D eigenvalue weighted by Gasteiger charge is -2.15. The Hall–Kier alpha value is -3.23. The number of rotatable bonds is 5. The first kappa shape index (κ1) is 19.1. The number of amides is 3. The number of nitrogens with one attached hydrogen (secondary N) is 3. The van der Waals surface area contributed by atoms with Gasteiger partial charge in [0.1, 0.15) is 11.8 Å². The molecule has 0 heterocycles. The summed E-state index contributed by atoms with van der Waals surface area (Å²) in [5, 5.41) is 7.51. The van der Waals surface area contributed by atoms with Crippen LogP contribution in [0.1, 0.15) is 6.92 Å². The van der Waals surface area contributed by atoms with Crippen molar-refractivity contribution in [2.75, 3.05) is 10.6 Å². The number of ether oxygens (including phenoxy) is 1. The highest BCUT2D eigenvalue weighted by molar-refractivity contribution is 5.98. The molecule has 0 saturated heterocycles. The van der Waals surface area contributed by atoms with E-state index in [0.717, 1.165) is 12.1 Å². The van der Waals surface area contributed by atoms with Gasteiger partial charge in [0, 0.05) is 11.4 Å². The van der Waals surface area contributed by atoms with Gasteiger partial charge < -0.3 is 20.7 Å². The van der Waals surface area contributed by atoms with Crippen molar-refractivity contribution in [1.82, 2.24) is 5.32 Å². The van der Waals surface area contributed by atoms with Crippen LogP contribution in [-0.2, 0) is 4.79 Å². The predicted molar refractivity (Wildman–Crippen MR) is 89.8 cm³/mol. The number of alkyl halides is 3. The Balaban J connectivity index is 1.85. The van der Waals surface area contributed by atoms with Gasteiger partial charge in [-0.3, -0.25) is 4.79 Å². The number of benzene rings is 2. The SMILES string of the molecule is CC(NC(=O)Nc1ccccc1)C(=O)Nc1ccc(OC(F)(F)F)cc1. The van der Waals surface area contributed by atoms with Crippen molar-refractivity contribution in [3.8, 4) is 5.75 Å². The van der Waals surface area contributed by atoms with Crippen LogP contribution in [0.4, 0.5) is 29.3 Å². The van der Waals surface area contributed by atoms with E-state index in [1.165, 1.54) is 19.1 Å². The van der Waals surface area contributed by atoms with Crippen LogP contribution in [0.15, 0.2) is 54.6 Å². The molecule has 0 bridgehead atoms. The molecule has 6 nitrogen and oxygen atoms in total. The Kier molecular flexibility index (Phi) is 6.05. The molecular formula is C17H16F3N3O3. The summed E-state index contributed by atoms with van der Waals surface area (Å²) in [5.41, 5.74) is 0.833. The Bertz CT molecular complexity index is 749. The second-order valence-corrected chi connectivity index (χ2v) is 5.25. The van der Waals surface area contributed by atoms with Crippen LogP contribution in [-0.4, -0.2) is 24.3 Å². The van der Waals surface area contributed by atoms with E-state index in [0.29, 0.717) is 5.69 Å². The molecule has 0 aliphatic rings. The van der Waals surface area contributed by atoms with E-state index in [2.05, 4.69) is 20.7 Å². The molecule has 138 valence electrons. The number of para-hydroxylation sites is 1. The van der Waals surface area contributed by atoms with E-state index in [4.69, 9.17) is 0 Å². The summed E-state index contributed by atoms with van der Waals surface area (Å²) >= 11 is 0. The Labute approximate surface area is 147 Å². The van der Waals surface area contributed by atoms with Gasteiger partial charge in [0.2, 0.25) is 5.91 Å². The van der Waals surface area contributed by atoms with E-state index in [9.17, 15) is 22.8 Å². The third-order valence-electron chi connectivity index (χ3n) is 3.13.